The van der Waals surface area contributed by atoms with Crippen molar-refractivity contribution in [1.82, 2.24) is 10.4 Å². The number of furan rings is 1. The normalized spacial score (nSPS) is 16.3. The SMILES string of the molecule is O=C(NN1C(=O)C(=CC=Cc2ccccc2)SC1=S)c1ccco1. The van der Waals surface area contributed by atoms with Crippen molar-refractivity contribution in [3.63, 3.8) is 0 Å². The number of nitrogens with one attached hydrogen (secondary N) is 1. The van der Waals surface area contributed by atoms with Gasteiger partial charge in [-0.05, 0) is 36.0 Å². The van der Waals surface area contributed by atoms with Crippen LogP contribution >= 0.6 is 24.0 Å². The number of nitrogens with zero attached hydrogens (tertiary/aromatic N) is 1. The highest BCUT2D eigenvalue weighted by Gasteiger charge is 2.33. The van der Waals surface area contributed by atoms with Crippen molar-refractivity contribution in [2.75, 3.05) is 0 Å². The molecule has 2 heterocycles. The summed E-state index contributed by atoms with van der Waals surface area (Å²) in [6.45, 7) is 0. The lowest BCUT2D eigenvalue weighted by Gasteiger charge is -2.14. The lowest BCUT2D eigenvalue weighted by Crippen LogP contribution is -2.44. The Kier molecular flexibility index (Phi) is 4.93. The third-order valence-electron chi connectivity index (χ3n) is 3.09. The fourth-order valence-electron chi connectivity index (χ4n) is 1.95. The number of thiocarbonyl (C=S) groups is 1. The molecular weight excluding hydrogens is 344 g/mol. The Morgan fingerprint density at radius 3 is 2.71 bits per heavy atom. The molecule has 0 unspecified atom stereocenters. The molecule has 0 saturated carbocycles. The molecule has 1 aliphatic rings. The fraction of sp³-hybridized carbons (Fsp3) is 0. The summed E-state index contributed by atoms with van der Waals surface area (Å²) in [4.78, 5) is 24.7. The molecular formula is C17H12N2O3S2. The van der Waals surface area contributed by atoms with Crippen molar-refractivity contribution in [2.24, 2.45) is 0 Å². The topological polar surface area (TPSA) is 62.6 Å². The maximum atomic E-state index is 12.3. The van der Waals surface area contributed by atoms with Gasteiger partial charge >= 0.3 is 5.91 Å². The molecule has 2 aromatic rings. The predicted octanol–water partition coefficient (Wildman–Crippen LogP) is 3.38. The molecule has 0 radical (unpaired) electrons. The molecule has 0 atom stereocenters. The Morgan fingerprint density at radius 2 is 2.00 bits per heavy atom. The Bertz CT molecular complexity index is 827. The molecule has 2 amide bonds. The first-order valence-electron chi connectivity index (χ1n) is 6.99. The van der Waals surface area contributed by atoms with Crippen molar-refractivity contribution in [2.45, 2.75) is 0 Å². The zero-order valence-electron chi connectivity index (χ0n) is 12.3. The molecule has 1 aliphatic heterocycles. The molecule has 1 N–H and O–H groups in total. The summed E-state index contributed by atoms with van der Waals surface area (Å²) in [5.74, 6) is -0.794. The molecule has 7 heteroatoms. The zero-order chi connectivity index (χ0) is 16.9. The highest BCUT2D eigenvalue weighted by Crippen LogP contribution is 2.29. The summed E-state index contributed by atoms with van der Waals surface area (Å²) in [6, 6.07) is 12.8. The summed E-state index contributed by atoms with van der Waals surface area (Å²) in [6.07, 6.45) is 6.71. The van der Waals surface area contributed by atoms with Crippen LogP contribution in [0.15, 0.2) is 70.2 Å². The molecule has 24 heavy (non-hydrogen) atoms. The number of hydrogen-bond donors (Lipinski definition) is 1. The first-order valence-corrected chi connectivity index (χ1v) is 8.22. The minimum absolute atomic E-state index is 0.108. The van der Waals surface area contributed by atoms with Crippen LogP contribution in [0.2, 0.25) is 0 Å². The molecule has 1 fully saturated rings. The third kappa shape index (κ3) is 3.64. The van der Waals surface area contributed by atoms with E-state index >= 15 is 0 Å². The minimum atomic E-state index is -0.530. The van der Waals surface area contributed by atoms with E-state index in [1.807, 2.05) is 36.4 Å². The summed E-state index contributed by atoms with van der Waals surface area (Å²) in [7, 11) is 0. The Morgan fingerprint density at radius 1 is 1.21 bits per heavy atom. The first kappa shape index (κ1) is 16.2. The van der Waals surface area contributed by atoms with Gasteiger partial charge in [-0.2, -0.15) is 5.01 Å². The average Bonchev–Trinajstić information content (AvgIpc) is 3.21. The highest BCUT2D eigenvalue weighted by molar-refractivity contribution is 8.26. The van der Waals surface area contributed by atoms with Gasteiger partial charge in [-0.15, -0.1) is 0 Å². The maximum absolute atomic E-state index is 12.3. The van der Waals surface area contributed by atoms with E-state index in [0.717, 1.165) is 22.3 Å². The third-order valence-corrected chi connectivity index (χ3v) is 4.41. The van der Waals surface area contributed by atoms with Gasteiger partial charge in [0.1, 0.15) is 0 Å². The number of carbonyl (C=O) groups is 2. The number of amides is 2. The van der Waals surface area contributed by atoms with Gasteiger partial charge < -0.3 is 4.42 Å². The summed E-state index contributed by atoms with van der Waals surface area (Å²) in [5, 5.41) is 1.05. The van der Waals surface area contributed by atoms with Crippen LogP contribution in [0.25, 0.3) is 6.08 Å². The van der Waals surface area contributed by atoms with Crippen molar-refractivity contribution >= 4 is 46.2 Å². The number of benzene rings is 1. The predicted molar refractivity (Wildman–Crippen MR) is 96.8 cm³/mol. The highest BCUT2D eigenvalue weighted by atomic mass is 32.2. The van der Waals surface area contributed by atoms with Gasteiger partial charge in [0.25, 0.3) is 5.91 Å². The van der Waals surface area contributed by atoms with Crippen LogP contribution in [-0.4, -0.2) is 21.1 Å². The van der Waals surface area contributed by atoms with E-state index < -0.39 is 5.91 Å². The second kappa shape index (κ2) is 7.29. The van der Waals surface area contributed by atoms with Gasteiger partial charge in [0.05, 0.1) is 11.2 Å². The first-order chi connectivity index (χ1) is 11.6. The van der Waals surface area contributed by atoms with Gasteiger partial charge in [0, 0.05) is 0 Å². The van der Waals surface area contributed by atoms with Gasteiger partial charge in [0.2, 0.25) is 0 Å². The molecule has 3 rings (SSSR count). The second-order valence-corrected chi connectivity index (χ2v) is 6.40. The lowest BCUT2D eigenvalue weighted by molar-refractivity contribution is -0.123. The van der Waals surface area contributed by atoms with Crippen LogP contribution in [0.3, 0.4) is 0 Å². The van der Waals surface area contributed by atoms with E-state index in [1.54, 1.807) is 18.2 Å². The summed E-state index contributed by atoms with van der Waals surface area (Å²) >= 11 is 6.27. The van der Waals surface area contributed by atoms with E-state index in [-0.39, 0.29) is 16.0 Å². The van der Waals surface area contributed by atoms with E-state index in [4.69, 9.17) is 16.6 Å². The Hall–Kier alpha value is -2.64. The van der Waals surface area contributed by atoms with Crippen LogP contribution in [0.5, 0.6) is 0 Å². The largest absolute Gasteiger partial charge is 0.459 e. The van der Waals surface area contributed by atoms with E-state index in [1.165, 1.54) is 12.3 Å². The standard InChI is InChI=1S/C17H12N2O3S2/c20-15(13-9-5-11-22-13)18-19-16(21)14(24-17(19)23)10-4-8-12-6-2-1-3-7-12/h1-11H,(H,18,20). The van der Waals surface area contributed by atoms with Crippen LogP contribution < -0.4 is 5.43 Å². The number of rotatable bonds is 4. The number of allylic oxidation sites excluding steroid dienone is 2. The van der Waals surface area contributed by atoms with Crippen LogP contribution in [-0.2, 0) is 4.79 Å². The monoisotopic (exact) mass is 356 g/mol. The Balaban J connectivity index is 1.68. The zero-order valence-corrected chi connectivity index (χ0v) is 14.0. The molecule has 0 spiro atoms. The van der Waals surface area contributed by atoms with E-state index in [2.05, 4.69) is 5.43 Å². The smallest absolute Gasteiger partial charge is 0.305 e. The Labute approximate surface area is 148 Å². The van der Waals surface area contributed by atoms with Crippen LogP contribution in [0.4, 0.5) is 0 Å². The molecule has 1 saturated heterocycles. The number of carbonyl (C=O) groups excluding carboxylic acids is 2. The fourth-order valence-corrected chi connectivity index (χ4v) is 3.08. The molecule has 0 bridgehead atoms. The van der Waals surface area contributed by atoms with Crippen LogP contribution in [0.1, 0.15) is 16.1 Å². The average molecular weight is 356 g/mol. The summed E-state index contributed by atoms with van der Waals surface area (Å²) in [5.41, 5.74) is 3.47. The number of hydrazine groups is 1. The molecule has 120 valence electrons. The number of hydrogen-bond acceptors (Lipinski definition) is 5. The lowest BCUT2D eigenvalue weighted by atomic mass is 10.2. The molecule has 0 aliphatic carbocycles. The quantitative estimate of drug-likeness (QED) is 0.672. The van der Waals surface area contributed by atoms with E-state index in [0.29, 0.717) is 4.91 Å². The van der Waals surface area contributed by atoms with Crippen molar-refractivity contribution < 1.29 is 14.0 Å². The summed E-state index contributed by atoms with van der Waals surface area (Å²) < 4.78 is 5.25. The maximum Gasteiger partial charge on any atom is 0.305 e. The van der Waals surface area contributed by atoms with Gasteiger partial charge in [-0.25, -0.2) is 0 Å². The molecule has 1 aromatic carbocycles. The van der Waals surface area contributed by atoms with Gasteiger partial charge in [0.15, 0.2) is 10.1 Å². The molecule has 5 nitrogen and oxygen atoms in total. The van der Waals surface area contributed by atoms with Crippen molar-refractivity contribution in [1.29, 1.82) is 0 Å². The van der Waals surface area contributed by atoms with Crippen molar-refractivity contribution in [3.8, 4) is 0 Å². The van der Waals surface area contributed by atoms with Gasteiger partial charge in [-0.1, -0.05) is 54.2 Å². The van der Waals surface area contributed by atoms with E-state index in [9.17, 15) is 9.59 Å². The number of thioether (sulfide) groups is 1. The molecule has 1 aromatic heterocycles. The van der Waals surface area contributed by atoms with Crippen molar-refractivity contribution in [3.05, 3.63) is 77.1 Å². The minimum Gasteiger partial charge on any atom is -0.459 e. The second-order valence-electron chi connectivity index (χ2n) is 4.73. The van der Waals surface area contributed by atoms with Crippen LogP contribution in [0, 0.1) is 0 Å². The van der Waals surface area contributed by atoms with Gasteiger partial charge in [-0.3, -0.25) is 15.0 Å².